The van der Waals surface area contributed by atoms with E-state index in [0.717, 1.165) is 18.4 Å². The van der Waals surface area contributed by atoms with Gasteiger partial charge in [0.1, 0.15) is 0 Å². The number of ether oxygens (including phenoxy) is 1. The normalized spacial score (nSPS) is 44.7. The maximum atomic E-state index is 6.01. The van der Waals surface area contributed by atoms with Crippen LogP contribution < -0.4 is 0 Å². The summed E-state index contributed by atoms with van der Waals surface area (Å²) < 4.78 is 5.58. The maximum absolute atomic E-state index is 6.01. The van der Waals surface area contributed by atoms with Crippen LogP contribution in [0.15, 0.2) is 0 Å². The highest BCUT2D eigenvalue weighted by Gasteiger charge is 2.51. The van der Waals surface area contributed by atoms with Crippen molar-refractivity contribution in [1.82, 2.24) is 0 Å². The third-order valence-corrected chi connectivity index (χ3v) is 3.88. The van der Waals surface area contributed by atoms with Crippen LogP contribution >= 0.6 is 11.6 Å². The molecule has 2 heteroatoms. The molecule has 1 aliphatic heterocycles. The van der Waals surface area contributed by atoms with Crippen LogP contribution in [0.25, 0.3) is 0 Å². The van der Waals surface area contributed by atoms with Crippen LogP contribution in [-0.4, -0.2) is 18.6 Å². The van der Waals surface area contributed by atoms with E-state index in [1.165, 1.54) is 19.3 Å². The molecule has 11 heavy (non-hydrogen) atoms. The van der Waals surface area contributed by atoms with E-state index in [9.17, 15) is 0 Å². The summed E-state index contributed by atoms with van der Waals surface area (Å²) in [6.45, 7) is 3.10. The number of alkyl halides is 1. The topological polar surface area (TPSA) is 9.23 Å². The molecule has 2 rings (SSSR count). The maximum Gasteiger partial charge on any atom is 0.0618 e. The molecule has 1 saturated carbocycles. The van der Waals surface area contributed by atoms with E-state index in [4.69, 9.17) is 16.3 Å². The lowest BCUT2D eigenvalue weighted by Crippen LogP contribution is -2.32. The van der Waals surface area contributed by atoms with E-state index >= 15 is 0 Å². The smallest absolute Gasteiger partial charge is 0.0618 e. The van der Waals surface area contributed by atoms with Crippen molar-refractivity contribution < 1.29 is 4.74 Å². The van der Waals surface area contributed by atoms with Crippen molar-refractivity contribution in [1.29, 1.82) is 0 Å². The largest absolute Gasteiger partial charge is 0.378 e. The van der Waals surface area contributed by atoms with Gasteiger partial charge in [-0.25, -0.2) is 0 Å². The minimum Gasteiger partial charge on any atom is -0.378 e. The second kappa shape index (κ2) is 2.63. The molecule has 0 aromatic rings. The van der Waals surface area contributed by atoms with Crippen LogP contribution in [0.1, 0.15) is 26.2 Å². The summed E-state index contributed by atoms with van der Waals surface area (Å²) in [5, 5.41) is 0. The Morgan fingerprint density at radius 2 is 2.27 bits per heavy atom. The molecule has 1 saturated heterocycles. The monoisotopic (exact) mass is 174 g/mol. The van der Waals surface area contributed by atoms with Crippen molar-refractivity contribution in [3.8, 4) is 0 Å². The van der Waals surface area contributed by atoms with E-state index in [-0.39, 0.29) is 0 Å². The lowest BCUT2D eigenvalue weighted by molar-refractivity contribution is 0.0632. The molecule has 0 amide bonds. The van der Waals surface area contributed by atoms with Gasteiger partial charge in [0.15, 0.2) is 0 Å². The first-order valence-corrected chi connectivity index (χ1v) is 5.00. The summed E-state index contributed by atoms with van der Waals surface area (Å²) in [5.41, 5.74) is 0.349. The van der Waals surface area contributed by atoms with Gasteiger partial charge in [0.2, 0.25) is 0 Å². The van der Waals surface area contributed by atoms with Crippen molar-refractivity contribution >= 4 is 11.6 Å². The first-order valence-electron chi connectivity index (χ1n) is 4.47. The molecular formula is C9H15ClO. The predicted octanol–water partition coefficient (Wildman–Crippen LogP) is 2.43. The van der Waals surface area contributed by atoms with Gasteiger partial charge in [-0.2, -0.15) is 0 Å². The molecule has 0 aromatic heterocycles. The number of halogens is 1. The van der Waals surface area contributed by atoms with Gasteiger partial charge >= 0.3 is 0 Å². The molecule has 0 bridgehead atoms. The fourth-order valence-electron chi connectivity index (χ4n) is 2.27. The highest BCUT2D eigenvalue weighted by molar-refractivity contribution is 6.18. The highest BCUT2D eigenvalue weighted by atomic mass is 35.5. The average Bonchev–Trinajstić information content (AvgIpc) is 2.78. The van der Waals surface area contributed by atoms with Gasteiger partial charge < -0.3 is 4.74 Å². The molecule has 0 N–H and O–H groups in total. The van der Waals surface area contributed by atoms with Crippen molar-refractivity contribution in [2.24, 2.45) is 11.3 Å². The zero-order valence-electron chi connectivity index (χ0n) is 6.98. The minimum absolute atomic E-state index is 0.349. The first kappa shape index (κ1) is 7.88. The summed E-state index contributed by atoms with van der Waals surface area (Å²) in [6, 6.07) is 0. The predicted molar refractivity (Wildman–Crippen MR) is 45.9 cm³/mol. The van der Waals surface area contributed by atoms with Crippen molar-refractivity contribution in [2.45, 2.75) is 32.3 Å². The summed E-state index contributed by atoms with van der Waals surface area (Å²) in [5.74, 6) is 1.66. The summed E-state index contributed by atoms with van der Waals surface area (Å²) in [6.07, 6.45) is 4.33. The van der Waals surface area contributed by atoms with Gasteiger partial charge in [-0.05, 0) is 32.1 Å². The number of rotatable bonds is 2. The molecule has 1 heterocycles. The standard InChI is InChI=1S/C9H15ClO/c1-7-9(6-10,4-5-11-7)8-2-3-8/h7-8H,2-6H2,1H3. The summed E-state index contributed by atoms with van der Waals surface area (Å²) in [7, 11) is 0. The zero-order valence-corrected chi connectivity index (χ0v) is 7.73. The molecule has 2 atom stereocenters. The highest BCUT2D eigenvalue weighted by Crippen LogP contribution is 2.53. The summed E-state index contributed by atoms with van der Waals surface area (Å²) >= 11 is 6.01. The zero-order chi connectivity index (χ0) is 7.90. The molecule has 0 radical (unpaired) electrons. The number of hydrogen-bond acceptors (Lipinski definition) is 1. The van der Waals surface area contributed by atoms with Gasteiger partial charge in [-0.1, -0.05) is 0 Å². The Morgan fingerprint density at radius 3 is 2.64 bits per heavy atom. The summed E-state index contributed by atoms with van der Waals surface area (Å²) in [4.78, 5) is 0. The quantitative estimate of drug-likeness (QED) is 0.585. The van der Waals surface area contributed by atoms with E-state index in [2.05, 4.69) is 6.92 Å². The lowest BCUT2D eigenvalue weighted by Gasteiger charge is -2.29. The van der Waals surface area contributed by atoms with Crippen LogP contribution in [0.5, 0.6) is 0 Å². The molecule has 0 spiro atoms. The fraction of sp³-hybridized carbons (Fsp3) is 1.00. The van der Waals surface area contributed by atoms with Gasteiger partial charge in [-0.15, -0.1) is 11.6 Å². The molecule has 0 aromatic carbocycles. The molecule has 2 aliphatic rings. The van der Waals surface area contributed by atoms with Crippen LogP contribution in [0.3, 0.4) is 0 Å². The average molecular weight is 175 g/mol. The van der Waals surface area contributed by atoms with Gasteiger partial charge in [0.05, 0.1) is 6.10 Å². The second-order valence-corrected chi connectivity index (χ2v) is 4.17. The van der Waals surface area contributed by atoms with Gasteiger partial charge in [-0.3, -0.25) is 0 Å². The molecule has 2 fully saturated rings. The van der Waals surface area contributed by atoms with E-state index in [1.54, 1.807) is 0 Å². The second-order valence-electron chi connectivity index (χ2n) is 3.90. The van der Waals surface area contributed by atoms with Crippen LogP contribution in [0.4, 0.5) is 0 Å². The van der Waals surface area contributed by atoms with Gasteiger partial charge in [0.25, 0.3) is 0 Å². The Balaban J connectivity index is 2.13. The third-order valence-electron chi connectivity index (χ3n) is 3.38. The van der Waals surface area contributed by atoms with Crippen LogP contribution in [-0.2, 0) is 4.74 Å². The van der Waals surface area contributed by atoms with Crippen LogP contribution in [0, 0.1) is 11.3 Å². The molecular weight excluding hydrogens is 160 g/mol. The molecule has 2 unspecified atom stereocenters. The molecule has 64 valence electrons. The third kappa shape index (κ3) is 1.09. The lowest BCUT2D eigenvalue weighted by atomic mass is 9.79. The minimum atomic E-state index is 0.349. The SMILES string of the molecule is CC1OCCC1(CCl)C1CC1. The van der Waals surface area contributed by atoms with E-state index in [0.29, 0.717) is 11.5 Å². The fourth-order valence-corrected chi connectivity index (χ4v) is 2.84. The van der Waals surface area contributed by atoms with Crippen molar-refractivity contribution in [2.75, 3.05) is 12.5 Å². The Morgan fingerprint density at radius 1 is 1.55 bits per heavy atom. The van der Waals surface area contributed by atoms with E-state index < -0.39 is 0 Å². The molecule has 1 aliphatic carbocycles. The number of hydrogen-bond donors (Lipinski definition) is 0. The first-order chi connectivity index (χ1) is 5.29. The van der Waals surface area contributed by atoms with Crippen molar-refractivity contribution in [3.05, 3.63) is 0 Å². The Kier molecular flexibility index (Phi) is 1.89. The molecule has 1 nitrogen and oxygen atoms in total. The Labute approximate surface area is 73.1 Å². The van der Waals surface area contributed by atoms with Crippen LogP contribution in [0.2, 0.25) is 0 Å². The Bertz CT molecular complexity index is 156. The van der Waals surface area contributed by atoms with Crippen molar-refractivity contribution in [3.63, 3.8) is 0 Å². The van der Waals surface area contributed by atoms with E-state index in [1.807, 2.05) is 0 Å². The Hall–Kier alpha value is 0.250. The van der Waals surface area contributed by atoms with Gasteiger partial charge in [0, 0.05) is 17.9 Å².